The predicted molar refractivity (Wildman–Crippen MR) is 61.3 cm³/mol. The number of non-ortho nitro benzene ring substituents is 1. The Kier molecular flexibility index (Phi) is 3.01. The molecule has 1 aromatic carbocycles. The molecule has 0 aliphatic carbocycles. The zero-order valence-corrected chi connectivity index (χ0v) is 8.70. The first-order valence-electron chi connectivity index (χ1n) is 5.11. The van der Waals surface area contributed by atoms with Crippen molar-refractivity contribution in [2.75, 3.05) is 13.1 Å². The van der Waals surface area contributed by atoms with Crippen molar-refractivity contribution in [2.45, 2.75) is 5.92 Å². The van der Waals surface area contributed by atoms with Crippen molar-refractivity contribution >= 4 is 19.3 Å². The maximum atomic E-state index is 10.5. The Balaban J connectivity index is 1.97. The fourth-order valence-electron chi connectivity index (χ4n) is 1.90. The van der Waals surface area contributed by atoms with Gasteiger partial charge in [0.15, 0.2) is 0 Å². The van der Waals surface area contributed by atoms with Crippen LogP contribution in [0.3, 0.4) is 0 Å². The summed E-state index contributed by atoms with van der Waals surface area (Å²) in [7, 11) is 0.476. The van der Waals surface area contributed by atoms with Crippen LogP contribution in [0.1, 0.15) is 11.5 Å². The summed E-state index contributed by atoms with van der Waals surface area (Å²) in [6.45, 7) is 1.72. The van der Waals surface area contributed by atoms with E-state index in [0.29, 0.717) is 13.3 Å². The van der Waals surface area contributed by atoms with E-state index in [9.17, 15) is 14.9 Å². The van der Waals surface area contributed by atoms with Crippen molar-refractivity contribution in [1.82, 2.24) is 4.81 Å². The van der Waals surface area contributed by atoms with E-state index in [0.717, 1.165) is 24.8 Å². The zero-order valence-electron chi connectivity index (χ0n) is 8.70. The Morgan fingerprint density at radius 1 is 1.38 bits per heavy atom. The van der Waals surface area contributed by atoms with Crippen molar-refractivity contribution in [2.24, 2.45) is 0 Å². The van der Waals surface area contributed by atoms with E-state index < -0.39 is 4.92 Å². The molecule has 0 unspecified atom stereocenters. The molecule has 0 atom stereocenters. The molecule has 16 heavy (non-hydrogen) atoms. The molecule has 1 saturated heterocycles. The summed E-state index contributed by atoms with van der Waals surface area (Å²) in [6.07, 6.45) is 0.895. The molecule has 6 heteroatoms. The number of benzene rings is 1. The monoisotopic (exact) mass is 218 g/mol. The average molecular weight is 218 g/mol. The topological polar surface area (TPSA) is 63.5 Å². The van der Waals surface area contributed by atoms with Gasteiger partial charge in [-0.1, -0.05) is 12.1 Å². The Bertz CT molecular complexity index is 401. The van der Waals surface area contributed by atoms with Crippen LogP contribution in [-0.2, 0) is 4.79 Å². The van der Waals surface area contributed by atoms with Crippen LogP contribution in [0.5, 0.6) is 0 Å². The molecule has 82 valence electrons. The molecule has 0 aromatic heterocycles. The minimum Gasteiger partial charge on any atom is -0.337 e. The highest BCUT2D eigenvalue weighted by Gasteiger charge is 2.27. The molecule has 0 N–H and O–H groups in total. The number of hydrogen-bond donors (Lipinski definition) is 0. The third kappa shape index (κ3) is 2.11. The molecule has 1 aliphatic rings. The van der Waals surface area contributed by atoms with Gasteiger partial charge in [-0.25, -0.2) is 0 Å². The van der Waals surface area contributed by atoms with Gasteiger partial charge in [0.1, 0.15) is 0 Å². The first kappa shape index (κ1) is 10.8. The lowest BCUT2D eigenvalue weighted by molar-refractivity contribution is -0.384. The van der Waals surface area contributed by atoms with Gasteiger partial charge in [0.05, 0.1) is 11.1 Å². The number of nitro groups is 1. The van der Waals surface area contributed by atoms with Gasteiger partial charge in [0, 0.05) is 18.1 Å². The fourth-order valence-corrected chi connectivity index (χ4v) is 1.90. The lowest BCUT2D eigenvalue weighted by Crippen LogP contribution is -2.47. The van der Waals surface area contributed by atoms with Crippen molar-refractivity contribution in [3.8, 4) is 0 Å². The number of carbonyl (C=O) groups excluding carboxylic acids is 1. The first-order valence-corrected chi connectivity index (χ1v) is 5.11. The molecule has 1 aliphatic heterocycles. The molecule has 0 saturated carbocycles. The normalized spacial score (nSPS) is 16.5. The summed E-state index contributed by atoms with van der Waals surface area (Å²) in [5.41, 5.74) is 1.22. The fraction of sp³-hybridized carbons (Fsp3) is 0.300. The van der Waals surface area contributed by atoms with Gasteiger partial charge < -0.3 is 9.61 Å². The summed E-state index contributed by atoms with van der Waals surface area (Å²) < 4.78 is 0. The van der Waals surface area contributed by atoms with Gasteiger partial charge in [0.25, 0.3) is 13.1 Å². The minimum absolute atomic E-state index is 0.118. The van der Waals surface area contributed by atoms with Crippen molar-refractivity contribution in [1.29, 1.82) is 0 Å². The quantitative estimate of drug-likeness (QED) is 0.320. The van der Waals surface area contributed by atoms with Gasteiger partial charge >= 0.3 is 0 Å². The molecule has 1 heterocycles. The Morgan fingerprint density at radius 2 is 2.00 bits per heavy atom. The van der Waals surface area contributed by atoms with E-state index in [1.165, 1.54) is 12.1 Å². The van der Waals surface area contributed by atoms with Crippen LogP contribution in [0.2, 0.25) is 0 Å². The van der Waals surface area contributed by atoms with Crippen LogP contribution in [0.4, 0.5) is 5.69 Å². The van der Waals surface area contributed by atoms with Crippen molar-refractivity contribution in [3.05, 3.63) is 39.9 Å². The largest absolute Gasteiger partial charge is 0.337 e. The van der Waals surface area contributed by atoms with Gasteiger partial charge in [0.2, 0.25) is 0 Å². The molecule has 0 radical (unpaired) electrons. The molecule has 1 aromatic rings. The molecule has 1 fully saturated rings. The summed E-state index contributed by atoms with van der Waals surface area (Å²) >= 11 is 0. The molecule has 5 nitrogen and oxygen atoms in total. The van der Waals surface area contributed by atoms with E-state index in [4.69, 9.17) is 0 Å². The second-order valence-electron chi connectivity index (χ2n) is 3.93. The summed E-state index contributed by atoms with van der Waals surface area (Å²) in [6, 6.07) is 6.64. The average Bonchev–Trinajstić information content (AvgIpc) is 2.23. The van der Waals surface area contributed by atoms with E-state index >= 15 is 0 Å². The van der Waals surface area contributed by atoms with Crippen LogP contribution in [0, 0.1) is 10.1 Å². The number of nitrogens with zero attached hydrogens (tertiary/aromatic N) is 2. The SMILES string of the molecule is O=CBN1CC(c2ccc([N+](=O)[O-])cc2)C1. The number of hydrogen-bond acceptors (Lipinski definition) is 4. The molecule has 2 rings (SSSR count). The molecule has 0 spiro atoms. The van der Waals surface area contributed by atoms with E-state index in [-0.39, 0.29) is 5.69 Å². The molecule has 0 amide bonds. The van der Waals surface area contributed by atoms with Crippen molar-refractivity contribution < 1.29 is 9.72 Å². The predicted octanol–water partition coefficient (Wildman–Crippen LogP) is 0.536. The van der Waals surface area contributed by atoms with Crippen LogP contribution < -0.4 is 0 Å². The standard InChI is InChI=1S/C10H11BN2O3/c14-7-11-12-5-9(6-12)8-1-3-10(4-2-8)13(15)16/h1-4,7,9,11H,5-6H2. The van der Waals surface area contributed by atoms with Gasteiger partial charge in [-0.3, -0.25) is 10.1 Å². The van der Waals surface area contributed by atoms with E-state index in [1.807, 2.05) is 4.81 Å². The summed E-state index contributed by atoms with van der Waals surface area (Å²) in [5.74, 6) is 0.403. The summed E-state index contributed by atoms with van der Waals surface area (Å²) in [4.78, 5) is 22.4. The Morgan fingerprint density at radius 3 is 2.50 bits per heavy atom. The maximum Gasteiger partial charge on any atom is 0.281 e. The van der Waals surface area contributed by atoms with Crippen LogP contribution >= 0.6 is 0 Å². The molecular weight excluding hydrogens is 207 g/mol. The smallest absolute Gasteiger partial charge is 0.281 e. The highest BCUT2D eigenvalue weighted by atomic mass is 16.6. The number of nitro benzene ring substituents is 1. The molecule has 0 bridgehead atoms. The highest BCUT2D eigenvalue weighted by Crippen LogP contribution is 2.27. The van der Waals surface area contributed by atoms with E-state index in [1.54, 1.807) is 12.1 Å². The van der Waals surface area contributed by atoms with Crippen LogP contribution in [0.25, 0.3) is 0 Å². The number of rotatable bonds is 4. The van der Waals surface area contributed by atoms with Crippen LogP contribution in [0.15, 0.2) is 24.3 Å². The van der Waals surface area contributed by atoms with Crippen LogP contribution in [-0.4, -0.2) is 36.4 Å². The highest BCUT2D eigenvalue weighted by molar-refractivity contribution is 6.64. The molecular formula is C10H11BN2O3. The van der Waals surface area contributed by atoms with Gasteiger partial charge in [-0.2, -0.15) is 0 Å². The Hall–Kier alpha value is -1.69. The third-order valence-corrected chi connectivity index (χ3v) is 2.87. The number of carbonyl (C=O) groups is 1. The zero-order chi connectivity index (χ0) is 11.5. The second kappa shape index (κ2) is 4.44. The van der Waals surface area contributed by atoms with Crippen molar-refractivity contribution in [3.63, 3.8) is 0 Å². The minimum atomic E-state index is -0.400. The van der Waals surface area contributed by atoms with E-state index in [2.05, 4.69) is 0 Å². The van der Waals surface area contributed by atoms with Gasteiger partial charge in [-0.05, 0) is 18.7 Å². The lowest BCUT2D eigenvalue weighted by Gasteiger charge is -2.38. The van der Waals surface area contributed by atoms with Gasteiger partial charge in [-0.15, -0.1) is 0 Å². The second-order valence-corrected chi connectivity index (χ2v) is 3.93. The Labute approximate surface area is 93.5 Å². The lowest BCUT2D eigenvalue weighted by atomic mass is 9.81. The summed E-state index contributed by atoms with van der Waals surface area (Å²) in [5, 5.41) is 10.5. The third-order valence-electron chi connectivity index (χ3n) is 2.87. The first-order chi connectivity index (χ1) is 7.70. The maximum absolute atomic E-state index is 10.5.